The minimum absolute atomic E-state index is 0.114. The molecule has 17 heavy (non-hydrogen) atoms. The average Bonchev–Trinajstić information content (AvgIpc) is 2.64. The highest BCUT2D eigenvalue weighted by molar-refractivity contribution is 7.89. The fourth-order valence-electron chi connectivity index (χ4n) is 1.39. The summed E-state index contributed by atoms with van der Waals surface area (Å²) < 4.78 is 28.4. The van der Waals surface area contributed by atoms with Crippen LogP contribution in [0.5, 0.6) is 0 Å². The first-order chi connectivity index (χ1) is 7.99. The third-order valence-electron chi connectivity index (χ3n) is 2.32. The molecule has 0 aliphatic carbocycles. The van der Waals surface area contributed by atoms with Crippen LogP contribution in [0.25, 0.3) is 0 Å². The molecule has 0 unspecified atom stereocenters. The summed E-state index contributed by atoms with van der Waals surface area (Å²) in [5.41, 5.74) is 0.963. The molecular weight excluding hydrogens is 244 g/mol. The van der Waals surface area contributed by atoms with Crippen LogP contribution in [0.15, 0.2) is 29.2 Å². The van der Waals surface area contributed by atoms with E-state index >= 15 is 0 Å². The maximum absolute atomic E-state index is 11.9. The number of sulfonamides is 1. The number of rotatable bonds is 3. The van der Waals surface area contributed by atoms with Crippen LogP contribution >= 0.6 is 0 Å². The number of hydrogen-bond acceptors (Lipinski definition) is 4. The van der Waals surface area contributed by atoms with E-state index in [0.717, 1.165) is 10.6 Å². The van der Waals surface area contributed by atoms with E-state index in [0.29, 0.717) is 0 Å². The van der Waals surface area contributed by atoms with Crippen LogP contribution in [-0.2, 0) is 14.8 Å². The molecule has 0 aromatic heterocycles. The van der Waals surface area contributed by atoms with Gasteiger partial charge < -0.3 is 4.74 Å². The minimum Gasteiger partial charge on any atom is -0.446 e. The van der Waals surface area contributed by atoms with Crippen molar-refractivity contribution in [2.75, 3.05) is 13.2 Å². The van der Waals surface area contributed by atoms with Gasteiger partial charge in [-0.1, -0.05) is 17.7 Å². The quantitative estimate of drug-likeness (QED) is 0.861. The molecule has 2 rings (SSSR count). The molecule has 92 valence electrons. The standard InChI is InChI=1S/C10H12N2O4S/c1-8-2-4-9(5-3-8)17(14,15)11-12-6-7-16-10(12)13/h2-5,11H,6-7H2,1H3. The van der Waals surface area contributed by atoms with E-state index in [1.54, 1.807) is 12.1 Å². The van der Waals surface area contributed by atoms with Crippen LogP contribution < -0.4 is 4.83 Å². The molecule has 1 saturated heterocycles. The van der Waals surface area contributed by atoms with Gasteiger partial charge in [-0.25, -0.2) is 18.2 Å². The summed E-state index contributed by atoms with van der Waals surface area (Å²) in [5.74, 6) is 0. The Morgan fingerprint density at radius 3 is 2.47 bits per heavy atom. The second-order valence-corrected chi connectivity index (χ2v) is 5.33. The largest absolute Gasteiger partial charge is 0.446 e. The molecule has 0 bridgehead atoms. The Labute approximate surface area is 99.2 Å². The van der Waals surface area contributed by atoms with Gasteiger partial charge in [0.05, 0.1) is 11.4 Å². The van der Waals surface area contributed by atoms with Gasteiger partial charge in [0.1, 0.15) is 6.61 Å². The number of cyclic esters (lactones) is 1. The molecule has 0 atom stereocenters. The zero-order valence-electron chi connectivity index (χ0n) is 9.21. The summed E-state index contributed by atoms with van der Waals surface area (Å²) in [5, 5.41) is 0.940. The zero-order valence-corrected chi connectivity index (χ0v) is 10.0. The van der Waals surface area contributed by atoms with E-state index < -0.39 is 16.1 Å². The third-order valence-corrected chi connectivity index (χ3v) is 3.68. The molecule has 1 fully saturated rings. The molecule has 1 amide bonds. The van der Waals surface area contributed by atoms with E-state index in [1.807, 2.05) is 6.92 Å². The van der Waals surface area contributed by atoms with Crippen LogP contribution in [0, 0.1) is 6.92 Å². The first-order valence-electron chi connectivity index (χ1n) is 5.02. The van der Waals surface area contributed by atoms with Crippen molar-refractivity contribution < 1.29 is 17.9 Å². The topological polar surface area (TPSA) is 75.7 Å². The number of carbonyl (C=O) groups excluding carboxylic acids is 1. The van der Waals surface area contributed by atoms with Gasteiger partial charge in [-0.3, -0.25) is 0 Å². The highest BCUT2D eigenvalue weighted by Gasteiger charge is 2.27. The smallest absolute Gasteiger partial charge is 0.425 e. The van der Waals surface area contributed by atoms with E-state index in [1.165, 1.54) is 12.1 Å². The fourth-order valence-corrected chi connectivity index (χ4v) is 2.45. The van der Waals surface area contributed by atoms with Crippen molar-refractivity contribution in [3.63, 3.8) is 0 Å². The molecule has 0 radical (unpaired) electrons. The second-order valence-electron chi connectivity index (χ2n) is 3.67. The number of amides is 1. The lowest BCUT2D eigenvalue weighted by Gasteiger charge is -2.14. The lowest BCUT2D eigenvalue weighted by atomic mass is 10.2. The zero-order chi connectivity index (χ0) is 12.5. The number of nitrogens with one attached hydrogen (secondary N) is 1. The average molecular weight is 256 g/mol. The number of hydrazine groups is 1. The summed E-state index contributed by atoms with van der Waals surface area (Å²) in [7, 11) is -3.72. The van der Waals surface area contributed by atoms with Crippen molar-refractivity contribution in [1.29, 1.82) is 0 Å². The molecule has 7 heteroatoms. The summed E-state index contributed by atoms with van der Waals surface area (Å²) in [6.45, 7) is 2.26. The van der Waals surface area contributed by atoms with Crippen molar-refractivity contribution >= 4 is 16.1 Å². The fraction of sp³-hybridized carbons (Fsp3) is 0.300. The number of aryl methyl sites for hydroxylation is 1. The SMILES string of the molecule is Cc1ccc(S(=O)(=O)NN2CCOC2=O)cc1. The number of benzene rings is 1. The summed E-state index contributed by atoms with van der Waals surface area (Å²) in [6.07, 6.45) is -0.680. The van der Waals surface area contributed by atoms with Crippen LogP contribution in [-0.4, -0.2) is 32.7 Å². The molecular formula is C10H12N2O4S. The van der Waals surface area contributed by atoms with E-state index in [-0.39, 0.29) is 18.0 Å². The molecule has 1 aromatic carbocycles. The Kier molecular flexibility index (Phi) is 3.03. The molecule has 1 aliphatic heterocycles. The summed E-state index contributed by atoms with van der Waals surface area (Å²) >= 11 is 0. The predicted molar refractivity (Wildman–Crippen MR) is 59.6 cm³/mol. The predicted octanol–water partition coefficient (Wildman–Crippen LogP) is 0.641. The number of nitrogens with zero attached hydrogens (tertiary/aromatic N) is 1. The maximum atomic E-state index is 11.9. The first kappa shape index (κ1) is 11.9. The van der Waals surface area contributed by atoms with E-state index in [9.17, 15) is 13.2 Å². The third kappa shape index (κ3) is 2.56. The van der Waals surface area contributed by atoms with Gasteiger partial charge in [-0.05, 0) is 19.1 Å². The van der Waals surface area contributed by atoms with Gasteiger partial charge in [-0.15, -0.1) is 4.83 Å². The monoisotopic (exact) mass is 256 g/mol. The van der Waals surface area contributed by atoms with Crippen molar-refractivity contribution in [3.8, 4) is 0 Å². The molecule has 6 nitrogen and oxygen atoms in total. The molecule has 1 N–H and O–H groups in total. The highest BCUT2D eigenvalue weighted by atomic mass is 32.2. The van der Waals surface area contributed by atoms with Crippen LogP contribution in [0.1, 0.15) is 5.56 Å². The lowest BCUT2D eigenvalue weighted by molar-refractivity contribution is 0.154. The van der Waals surface area contributed by atoms with Gasteiger partial charge in [0.15, 0.2) is 0 Å². The summed E-state index contributed by atoms with van der Waals surface area (Å²) in [6, 6.07) is 6.35. The van der Waals surface area contributed by atoms with Gasteiger partial charge in [0.2, 0.25) is 0 Å². The lowest BCUT2D eigenvalue weighted by Crippen LogP contribution is -2.42. The van der Waals surface area contributed by atoms with Crippen LogP contribution in [0.3, 0.4) is 0 Å². The van der Waals surface area contributed by atoms with Gasteiger partial charge >= 0.3 is 6.09 Å². The Bertz CT molecular complexity index is 524. The highest BCUT2D eigenvalue weighted by Crippen LogP contribution is 2.11. The van der Waals surface area contributed by atoms with Gasteiger partial charge in [0.25, 0.3) is 10.0 Å². The Hall–Kier alpha value is -1.60. The number of ether oxygens (including phenoxy) is 1. The van der Waals surface area contributed by atoms with Crippen molar-refractivity contribution in [3.05, 3.63) is 29.8 Å². The van der Waals surface area contributed by atoms with Crippen molar-refractivity contribution in [2.45, 2.75) is 11.8 Å². The molecule has 1 heterocycles. The van der Waals surface area contributed by atoms with Crippen LogP contribution in [0.2, 0.25) is 0 Å². The maximum Gasteiger partial charge on any atom is 0.425 e. The van der Waals surface area contributed by atoms with Crippen LogP contribution in [0.4, 0.5) is 4.79 Å². The summed E-state index contributed by atoms with van der Waals surface area (Å²) in [4.78, 5) is 13.4. The van der Waals surface area contributed by atoms with E-state index in [4.69, 9.17) is 0 Å². The molecule has 0 saturated carbocycles. The molecule has 1 aliphatic rings. The normalized spacial score (nSPS) is 16.1. The Balaban J connectivity index is 2.19. The Morgan fingerprint density at radius 1 is 1.29 bits per heavy atom. The van der Waals surface area contributed by atoms with Crippen molar-refractivity contribution in [2.24, 2.45) is 0 Å². The Morgan fingerprint density at radius 2 is 1.94 bits per heavy atom. The van der Waals surface area contributed by atoms with Gasteiger partial charge in [-0.2, -0.15) is 0 Å². The minimum atomic E-state index is -3.72. The second kappa shape index (κ2) is 4.34. The van der Waals surface area contributed by atoms with Crippen molar-refractivity contribution in [1.82, 2.24) is 9.84 Å². The molecule has 0 spiro atoms. The molecule has 1 aromatic rings. The van der Waals surface area contributed by atoms with Gasteiger partial charge in [0, 0.05) is 0 Å². The number of carbonyl (C=O) groups is 1. The van der Waals surface area contributed by atoms with E-state index in [2.05, 4.69) is 9.57 Å². The first-order valence-corrected chi connectivity index (χ1v) is 6.51. The number of hydrogen-bond donors (Lipinski definition) is 1.